The van der Waals surface area contributed by atoms with Crippen LogP contribution in [0.15, 0.2) is 45.7 Å². The average molecular weight is 541 g/mol. The second-order valence-electron chi connectivity index (χ2n) is 9.83. The Morgan fingerprint density at radius 3 is 2.69 bits per heavy atom. The van der Waals surface area contributed by atoms with Gasteiger partial charge in [-0.05, 0) is 79.7 Å². The van der Waals surface area contributed by atoms with Crippen LogP contribution in [0.4, 0.5) is 10.6 Å². The lowest BCUT2D eigenvalue weighted by molar-refractivity contribution is 0.0159. The van der Waals surface area contributed by atoms with E-state index >= 15 is 0 Å². The van der Waals surface area contributed by atoms with E-state index in [1.165, 1.54) is 0 Å². The Labute approximate surface area is 210 Å². The minimum Gasteiger partial charge on any atom is -0.444 e. The molecule has 1 aliphatic carbocycles. The Kier molecular flexibility index (Phi) is 6.04. The van der Waals surface area contributed by atoms with Gasteiger partial charge in [0.05, 0.1) is 5.92 Å². The fraction of sp³-hybridized carbons (Fsp3) is 0.417. The zero-order chi connectivity index (χ0) is 24.7. The highest BCUT2D eigenvalue weighted by atomic mass is 79.9. The number of carbonyl (C=O) groups is 2. The van der Waals surface area contributed by atoms with Crippen LogP contribution in [0.5, 0.6) is 0 Å². The summed E-state index contributed by atoms with van der Waals surface area (Å²) >= 11 is 3.25. The molecule has 10 nitrogen and oxygen atoms in total. The minimum absolute atomic E-state index is 0.00880. The Morgan fingerprint density at radius 1 is 1.17 bits per heavy atom. The molecule has 3 aromatic rings. The molecule has 11 heteroatoms. The highest BCUT2D eigenvalue weighted by Crippen LogP contribution is 2.47. The average Bonchev–Trinajstić information content (AvgIpc) is 3.54. The number of piperidine rings is 1. The third kappa shape index (κ3) is 5.04. The van der Waals surface area contributed by atoms with E-state index in [1.54, 1.807) is 41.4 Å². The molecule has 2 amide bonds. The SMILES string of the molecule is CC(C)(C)OC(=O)N1CC2CC1[C@@H](c1nc(-c3ccc(NC(=O)c4cccc(Br)n4)nc3)no1)C2. The van der Waals surface area contributed by atoms with Crippen LogP contribution in [0.2, 0.25) is 0 Å². The molecule has 1 N–H and O–H groups in total. The van der Waals surface area contributed by atoms with Gasteiger partial charge in [-0.2, -0.15) is 4.98 Å². The fourth-order valence-corrected chi connectivity index (χ4v) is 4.98. The van der Waals surface area contributed by atoms with Gasteiger partial charge in [-0.15, -0.1) is 0 Å². The molecule has 182 valence electrons. The summed E-state index contributed by atoms with van der Waals surface area (Å²) in [7, 11) is 0. The minimum atomic E-state index is -0.543. The topological polar surface area (TPSA) is 123 Å². The van der Waals surface area contributed by atoms with Crippen molar-refractivity contribution in [2.45, 2.75) is 51.2 Å². The molecule has 4 heterocycles. The second-order valence-corrected chi connectivity index (χ2v) is 10.6. The van der Waals surface area contributed by atoms with E-state index in [-0.39, 0.29) is 29.7 Å². The Hall–Kier alpha value is -3.34. The molecule has 0 aromatic carbocycles. The number of likely N-dealkylation sites (tertiary alicyclic amines) is 1. The van der Waals surface area contributed by atoms with Gasteiger partial charge in [-0.3, -0.25) is 4.79 Å². The van der Waals surface area contributed by atoms with Crippen molar-refractivity contribution in [2.75, 3.05) is 11.9 Å². The number of carbonyl (C=O) groups excluding carboxylic acids is 2. The smallest absolute Gasteiger partial charge is 0.410 e. The van der Waals surface area contributed by atoms with E-state index < -0.39 is 5.60 Å². The molecule has 0 radical (unpaired) electrons. The van der Waals surface area contributed by atoms with Crippen molar-refractivity contribution in [1.29, 1.82) is 0 Å². The number of anilines is 1. The molecular weight excluding hydrogens is 516 g/mol. The monoisotopic (exact) mass is 540 g/mol. The number of halogens is 1. The lowest BCUT2D eigenvalue weighted by Crippen LogP contribution is -2.44. The number of nitrogens with one attached hydrogen (secondary N) is 1. The van der Waals surface area contributed by atoms with Gasteiger partial charge < -0.3 is 19.5 Å². The summed E-state index contributed by atoms with van der Waals surface area (Å²) in [5.41, 5.74) is 0.393. The van der Waals surface area contributed by atoms with Crippen molar-refractivity contribution >= 4 is 33.7 Å². The standard InChI is InChI=1S/C24H25BrN6O4/c1-24(2,3)34-23(33)31-12-13-9-15(17(31)10-13)22-29-20(30-35-22)14-7-8-19(26-11-14)28-21(32)16-5-4-6-18(25)27-16/h4-8,11,13,15,17H,9-10,12H2,1-3H3,(H,26,28,32)/t13?,15-,17?/m0/s1. The molecule has 1 saturated heterocycles. The molecule has 2 fully saturated rings. The van der Waals surface area contributed by atoms with Crippen LogP contribution in [0.1, 0.15) is 55.9 Å². The zero-order valence-corrected chi connectivity index (χ0v) is 21.2. The predicted molar refractivity (Wildman–Crippen MR) is 130 cm³/mol. The lowest BCUT2D eigenvalue weighted by Gasteiger charge is -2.33. The van der Waals surface area contributed by atoms with Crippen molar-refractivity contribution in [3.63, 3.8) is 0 Å². The highest BCUT2D eigenvalue weighted by Gasteiger charge is 2.50. The van der Waals surface area contributed by atoms with Gasteiger partial charge in [-0.25, -0.2) is 14.8 Å². The third-order valence-electron chi connectivity index (χ3n) is 6.08. The number of ether oxygens (including phenoxy) is 1. The number of amides is 2. The van der Waals surface area contributed by atoms with Crippen molar-refractivity contribution in [3.8, 4) is 11.4 Å². The van der Waals surface area contributed by atoms with Gasteiger partial charge in [0.2, 0.25) is 11.7 Å². The molecular formula is C24H25BrN6O4. The molecule has 35 heavy (non-hydrogen) atoms. The number of fused-ring (bicyclic) bond motifs is 2. The van der Waals surface area contributed by atoms with Crippen LogP contribution in [0.25, 0.3) is 11.4 Å². The largest absolute Gasteiger partial charge is 0.444 e. The van der Waals surface area contributed by atoms with E-state index in [0.29, 0.717) is 40.2 Å². The molecule has 2 bridgehead atoms. The maximum absolute atomic E-state index is 12.7. The number of hydrogen-bond donors (Lipinski definition) is 1. The molecule has 1 saturated carbocycles. The first kappa shape index (κ1) is 23.4. The van der Waals surface area contributed by atoms with Crippen molar-refractivity contribution in [2.24, 2.45) is 5.92 Å². The van der Waals surface area contributed by atoms with Gasteiger partial charge in [-0.1, -0.05) is 11.2 Å². The van der Waals surface area contributed by atoms with E-state index in [9.17, 15) is 9.59 Å². The summed E-state index contributed by atoms with van der Waals surface area (Å²) in [4.78, 5) is 39.9. The quantitative estimate of drug-likeness (QED) is 0.474. The third-order valence-corrected chi connectivity index (χ3v) is 6.52. The van der Waals surface area contributed by atoms with E-state index in [1.807, 2.05) is 20.8 Å². The number of rotatable bonds is 4. The highest BCUT2D eigenvalue weighted by molar-refractivity contribution is 9.10. The summed E-state index contributed by atoms with van der Waals surface area (Å²) in [6.07, 6.45) is 3.09. The second kappa shape index (κ2) is 9.03. The number of aromatic nitrogens is 4. The molecule has 2 unspecified atom stereocenters. The fourth-order valence-electron chi connectivity index (χ4n) is 4.64. The Morgan fingerprint density at radius 2 is 2.00 bits per heavy atom. The Bertz CT molecular complexity index is 1260. The zero-order valence-electron chi connectivity index (χ0n) is 19.6. The van der Waals surface area contributed by atoms with Crippen LogP contribution >= 0.6 is 15.9 Å². The van der Waals surface area contributed by atoms with Gasteiger partial charge in [0.15, 0.2) is 0 Å². The number of nitrogens with zero attached hydrogens (tertiary/aromatic N) is 5. The molecule has 3 atom stereocenters. The van der Waals surface area contributed by atoms with E-state index in [2.05, 4.69) is 41.4 Å². The summed E-state index contributed by atoms with van der Waals surface area (Å²) in [5, 5.41) is 6.85. The van der Waals surface area contributed by atoms with Gasteiger partial charge in [0.25, 0.3) is 5.91 Å². The van der Waals surface area contributed by atoms with E-state index in [4.69, 9.17) is 9.26 Å². The number of pyridine rings is 2. The van der Waals surface area contributed by atoms with Crippen LogP contribution in [0, 0.1) is 5.92 Å². The van der Waals surface area contributed by atoms with Crippen LogP contribution < -0.4 is 5.32 Å². The van der Waals surface area contributed by atoms with Crippen LogP contribution in [0.3, 0.4) is 0 Å². The van der Waals surface area contributed by atoms with Gasteiger partial charge in [0, 0.05) is 24.3 Å². The van der Waals surface area contributed by atoms with Crippen LogP contribution in [-0.2, 0) is 4.74 Å². The van der Waals surface area contributed by atoms with Crippen molar-refractivity contribution < 1.29 is 18.8 Å². The lowest BCUT2D eigenvalue weighted by atomic mass is 9.98. The summed E-state index contributed by atoms with van der Waals surface area (Å²) in [5.74, 6) is 1.32. The Balaban J connectivity index is 1.26. The maximum atomic E-state index is 12.7. The van der Waals surface area contributed by atoms with Gasteiger partial charge >= 0.3 is 6.09 Å². The van der Waals surface area contributed by atoms with Crippen molar-refractivity contribution in [3.05, 3.63) is 52.7 Å². The molecule has 3 aromatic heterocycles. The van der Waals surface area contributed by atoms with Gasteiger partial charge in [0.1, 0.15) is 21.7 Å². The maximum Gasteiger partial charge on any atom is 0.410 e. The van der Waals surface area contributed by atoms with Crippen LogP contribution in [-0.4, -0.2) is 55.2 Å². The predicted octanol–water partition coefficient (Wildman–Crippen LogP) is 4.65. The first-order valence-corrected chi connectivity index (χ1v) is 12.2. The molecule has 1 aliphatic heterocycles. The number of hydrogen-bond acceptors (Lipinski definition) is 8. The first-order valence-electron chi connectivity index (χ1n) is 11.4. The summed E-state index contributed by atoms with van der Waals surface area (Å²) in [6, 6.07) is 8.52. The van der Waals surface area contributed by atoms with Crippen molar-refractivity contribution in [1.82, 2.24) is 25.0 Å². The first-order chi connectivity index (χ1) is 16.7. The molecule has 2 aliphatic rings. The normalized spacial score (nSPS) is 21.3. The summed E-state index contributed by atoms with van der Waals surface area (Å²) in [6.45, 7) is 6.29. The van der Waals surface area contributed by atoms with E-state index in [0.717, 1.165) is 12.8 Å². The molecule has 0 spiro atoms. The molecule has 5 rings (SSSR count). The summed E-state index contributed by atoms with van der Waals surface area (Å²) < 4.78 is 11.8.